The molecule has 0 aromatic heterocycles. The first-order valence-corrected chi connectivity index (χ1v) is 7.73. The molecule has 0 fully saturated rings. The summed E-state index contributed by atoms with van der Waals surface area (Å²) in [6.45, 7) is 1.45. The zero-order valence-corrected chi connectivity index (χ0v) is 14.2. The predicted molar refractivity (Wildman–Crippen MR) is 91.4 cm³/mol. The molecule has 23 heavy (non-hydrogen) atoms. The number of amides is 1. The summed E-state index contributed by atoms with van der Waals surface area (Å²) < 4.78 is 5.11. The van der Waals surface area contributed by atoms with Crippen LogP contribution in [-0.2, 0) is 9.53 Å². The van der Waals surface area contributed by atoms with E-state index in [9.17, 15) is 9.59 Å². The molecule has 2 rings (SSSR count). The number of hydrogen-bond acceptors (Lipinski definition) is 3. The molecule has 0 radical (unpaired) electrons. The van der Waals surface area contributed by atoms with Crippen molar-refractivity contribution in [2.75, 3.05) is 5.32 Å². The Morgan fingerprint density at radius 2 is 1.74 bits per heavy atom. The maximum atomic E-state index is 12.1. The molecule has 4 nitrogen and oxygen atoms in total. The van der Waals surface area contributed by atoms with Gasteiger partial charge in [0, 0.05) is 5.02 Å². The van der Waals surface area contributed by atoms with Crippen LogP contribution >= 0.6 is 34.8 Å². The maximum absolute atomic E-state index is 12.1. The molecule has 0 aliphatic carbocycles. The van der Waals surface area contributed by atoms with E-state index in [0.717, 1.165) is 0 Å². The van der Waals surface area contributed by atoms with Crippen molar-refractivity contribution in [2.45, 2.75) is 13.0 Å². The SMILES string of the molecule is CC(OC(=O)c1ccccc1Cl)C(=O)Nc1ccc(Cl)cc1Cl. The lowest BCUT2D eigenvalue weighted by Crippen LogP contribution is -2.30. The van der Waals surface area contributed by atoms with Gasteiger partial charge in [0.05, 0.1) is 21.3 Å². The molecular formula is C16H12Cl3NO3. The minimum absolute atomic E-state index is 0.193. The Morgan fingerprint density at radius 3 is 2.39 bits per heavy atom. The van der Waals surface area contributed by atoms with Crippen LogP contribution < -0.4 is 5.32 Å². The normalized spacial score (nSPS) is 11.7. The van der Waals surface area contributed by atoms with Crippen molar-refractivity contribution >= 4 is 52.4 Å². The standard InChI is InChI=1S/C16H12Cl3NO3/c1-9(23-16(22)11-4-2-3-5-12(11)18)15(21)20-14-7-6-10(17)8-13(14)19/h2-9H,1H3,(H,20,21). The molecule has 1 unspecified atom stereocenters. The summed E-state index contributed by atoms with van der Waals surface area (Å²) in [5.74, 6) is -1.20. The fourth-order valence-electron chi connectivity index (χ4n) is 1.73. The summed E-state index contributed by atoms with van der Waals surface area (Å²) in [6, 6.07) is 11.1. The Bertz CT molecular complexity index is 749. The van der Waals surface area contributed by atoms with E-state index in [-0.39, 0.29) is 15.6 Å². The fraction of sp³-hybridized carbons (Fsp3) is 0.125. The number of nitrogens with one attached hydrogen (secondary N) is 1. The van der Waals surface area contributed by atoms with Crippen molar-refractivity contribution in [1.82, 2.24) is 0 Å². The second-order valence-electron chi connectivity index (χ2n) is 4.64. The molecule has 0 bridgehead atoms. The van der Waals surface area contributed by atoms with Gasteiger partial charge in [-0.15, -0.1) is 0 Å². The molecule has 1 N–H and O–H groups in total. The summed E-state index contributed by atoms with van der Waals surface area (Å²) >= 11 is 17.7. The summed E-state index contributed by atoms with van der Waals surface area (Å²) in [6.07, 6.45) is -1.02. The topological polar surface area (TPSA) is 55.4 Å². The van der Waals surface area contributed by atoms with Gasteiger partial charge in [0.15, 0.2) is 6.10 Å². The van der Waals surface area contributed by atoms with Gasteiger partial charge >= 0.3 is 5.97 Å². The highest BCUT2D eigenvalue weighted by Crippen LogP contribution is 2.25. The van der Waals surface area contributed by atoms with Gasteiger partial charge in [-0.25, -0.2) is 4.79 Å². The Morgan fingerprint density at radius 1 is 1.04 bits per heavy atom. The molecule has 2 aromatic carbocycles. The third-order valence-electron chi connectivity index (χ3n) is 2.94. The number of ether oxygens (including phenoxy) is 1. The zero-order chi connectivity index (χ0) is 17.0. The molecule has 7 heteroatoms. The monoisotopic (exact) mass is 371 g/mol. The van der Waals surface area contributed by atoms with Crippen molar-refractivity contribution in [1.29, 1.82) is 0 Å². The minimum atomic E-state index is -1.02. The van der Waals surface area contributed by atoms with Crippen LogP contribution in [-0.4, -0.2) is 18.0 Å². The summed E-state index contributed by atoms with van der Waals surface area (Å²) in [7, 11) is 0. The van der Waals surface area contributed by atoms with E-state index < -0.39 is 18.0 Å². The van der Waals surface area contributed by atoms with Crippen molar-refractivity contribution < 1.29 is 14.3 Å². The van der Waals surface area contributed by atoms with Crippen LogP contribution in [0.25, 0.3) is 0 Å². The van der Waals surface area contributed by atoms with Crippen LogP contribution in [0.5, 0.6) is 0 Å². The van der Waals surface area contributed by atoms with E-state index in [1.54, 1.807) is 30.3 Å². The Balaban J connectivity index is 2.03. The van der Waals surface area contributed by atoms with Gasteiger partial charge < -0.3 is 10.1 Å². The van der Waals surface area contributed by atoms with Gasteiger partial charge in [-0.1, -0.05) is 46.9 Å². The molecule has 0 spiro atoms. The second kappa shape index (κ2) is 7.68. The molecule has 1 atom stereocenters. The third-order valence-corrected chi connectivity index (χ3v) is 3.81. The van der Waals surface area contributed by atoms with E-state index in [4.69, 9.17) is 39.5 Å². The molecular weight excluding hydrogens is 361 g/mol. The molecule has 120 valence electrons. The van der Waals surface area contributed by atoms with Gasteiger partial charge in [-0.3, -0.25) is 4.79 Å². The van der Waals surface area contributed by atoms with Crippen LogP contribution in [0.4, 0.5) is 5.69 Å². The smallest absolute Gasteiger partial charge is 0.340 e. The van der Waals surface area contributed by atoms with Gasteiger partial charge in [-0.05, 0) is 37.3 Å². The number of anilines is 1. The van der Waals surface area contributed by atoms with Gasteiger partial charge in [0.25, 0.3) is 5.91 Å². The van der Waals surface area contributed by atoms with E-state index in [1.165, 1.54) is 19.1 Å². The van der Waals surface area contributed by atoms with E-state index in [1.807, 2.05) is 0 Å². The Labute approximate surface area is 148 Å². The number of halogens is 3. The third kappa shape index (κ3) is 4.61. The molecule has 1 amide bonds. The molecule has 0 saturated heterocycles. The first kappa shape index (κ1) is 17.6. The fourth-order valence-corrected chi connectivity index (χ4v) is 2.40. The number of rotatable bonds is 4. The molecule has 0 heterocycles. The van der Waals surface area contributed by atoms with Crippen LogP contribution in [0.1, 0.15) is 17.3 Å². The number of benzene rings is 2. The van der Waals surface area contributed by atoms with E-state index in [0.29, 0.717) is 10.7 Å². The zero-order valence-electron chi connectivity index (χ0n) is 12.0. The van der Waals surface area contributed by atoms with Crippen molar-refractivity contribution in [3.63, 3.8) is 0 Å². The Kier molecular flexibility index (Phi) is 5.88. The lowest BCUT2D eigenvalue weighted by Gasteiger charge is -2.14. The van der Waals surface area contributed by atoms with E-state index in [2.05, 4.69) is 5.32 Å². The second-order valence-corrected chi connectivity index (χ2v) is 5.89. The van der Waals surface area contributed by atoms with Crippen LogP contribution in [0.15, 0.2) is 42.5 Å². The first-order valence-electron chi connectivity index (χ1n) is 6.60. The Hall–Kier alpha value is -1.75. The summed E-state index contributed by atoms with van der Waals surface area (Å²) in [5, 5.41) is 3.56. The van der Waals surface area contributed by atoms with Crippen LogP contribution in [0, 0.1) is 0 Å². The predicted octanol–water partition coefficient (Wildman–Crippen LogP) is 4.83. The summed E-state index contributed by atoms with van der Waals surface area (Å²) in [5.41, 5.74) is 0.569. The number of hydrogen-bond donors (Lipinski definition) is 1. The average Bonchev–Trinajstić information content (AvgIpc) is 2.50. The molecule has 0 saturated carbocycles. The van der Waals surface area contributed by atoms with Crippen LogP contribution in [0.2, 0.25) is 15.1 Å². The highest BCUT2D eigenvalue weighted by molar-refractivity contribution is 6.36. The van der Waals surface area contributed by atoms with E-state index >= 15 is 0 Å². The number of esters is 1. The number of carbonyl (C=O) groups is 2. The van der Waals surface area contributed by atoms with Gasteiger partial charge in [-0.2, -0.15) is 0 Å². The number of carbonyl (C=O) groups excluding carboxylic acids is 2. The lowest BCUT2D eigenvalue weighted by atomic mass is 10.2. The van der Waals surface area contributed by atoms with Crippen molar-refractivity contribution in [3.05, 3.63) is 63.1 Å². The molecule has 2 aromatic rings. The van der Waals surface area contributed by atoms with Gasteiger partial charge in [0.1, 0.15) is 0 Å². The first-order chi connectivity index (χ1) is 10.9. The van der Waals surface area contributed by atoms with Gasteiger partial charge in [0.2, 0.25) is 0 Å². The van der Waals surface area contributed by atoms with Crippen LogP contribution in [0.3, 0.4) is 0 Å². The van der Waals surface area contributed by atoms with Crippen molar-refractivity contribution in [3.8, 4) is 0 Å². The largest absolute Gasteiger partial charge is 0.449 e. The average molecular weight is 373 g/mol. The highest BCUT2D eigenvalue weighted by Gasteiger charge is 2.21. The lowest BCUT2D eigenvalue weighted by molar-refractivity contribution is -0.123. The molecule has 0 aliphatic heterocycles. The quantitative estimate of drug-likeness (QED) is 0.782. The molecule has 0 aliphatic rings. The van der Waals surface area contributed by atoms with Crippen molar-refractivity contribution in [2.24, 2.45) is 0 Å². The summed E-state index contributed by atoms with van der Waals surface area (Å²) in [4.78, 5) is 24.1. The highest BCUT2D eigenvalue weighted by atomic mass is 35.5. The maximum Gasteiger partial charge on any atom is 0.340 e. The minimum Gasteiger partial charge on any atom is -0.449 e.